The van der Waals surface area contributed by atoms with Crippen molar-refractivity contribution >= 4 is 11.9 Å². The molecule has 0 N–H and O–H groups in total. The van der Waals surface area contributed by atoms with Crippen LogP contribution in [0.15, 0.2) is 0 Å². The number of hydrogen-bond donors (Lipinski definition) is 0. The summed E-state index contributed by atoms with van der Waals surface area (Å²) in [4.78, 5) is 20.3. The van der Waals surface area contributed by atoms with Gasteiger partial charge in [-0.2, -0.15) is 0 Å². The monoisotopic (exact) mass is 372 g/mol. The molecular weight excluding hydrogens is 368 g/mol. The summed E-state index contributed by atoms with van der Waals surface area (Å²) >= 11 is 0. The summed E-state index contributed by atoms with van der Waals surface area (Å²) in [6, 6.07) is 0. The van der Waals surface area contributed by atoms with Crippen LogP contribution in [0.2, 0.25) is 0 Å². The van der Waals surface area contributed by atoms with Gasteiger partial charge in [-0.3, -0.25) is 0 Å². The van der Waals surface area contributed by atoms with E-state index in [1.165, 1.54) is 0 Å². The van der Waals surface area contributed by atoms with Crippen LogP contribution in [-0.4, -0.2) is 24.6 Å². The van der Waals surface area contributed by atoms with Crippen LogP contribution in [-0.2, 0) is 59.1 Å². The van der Waals surface area contributed by atoms with E-state index in [0.29, 0.717) is 0 Å². The molecule has 1 saturated heterocycles. The molecule has 0 aromatic heterocycles. The van der Waals surface area contributed by atoms with Gasteiger partial charge in [0.2, 0.25) is 0 Å². The molecule has 1 fully saturated rings. The molecule has 2 atom stereocenters. The third-order valence-electron chi connectivity index (χ3n) is 1.59. The SMILES string of the molecule is O=C([O-])C1COC(C(=O)[O-])C1.[Ag+].[Ag+]. The van der Waals surface area contributed by atoms with Gasteiger partial charge in [0, 0.05) is 11.9 Å². The average Bonchev–Trinajstić information content (AvgIpc) is 2.33. The molecule has 0 saturated carbocycles. The average molecular weight is 374 g/mol. The van der Waals surface area contributed by atoms with Crippen LogP contribution in [0, 0.1) is 5.92 Å². The fourth-order valence-corrected chi connectivity index (χ4v) is 0.955. The smallest absolute Gasteiger partial charge is 0.550 e. The van der Waals surface area contributed by atoms with E-state index >= 15 is 0 Å². The fraction of sp³-hybridized carbons (Fsp3) is 0.667. The molecule has 82 valence electrons. The second-order valence-electron chi connectivity index (χ2n) is 2.39. The maximum absolute atomic E-state index is 10.2. The Hall–Kier alpha value is 0.381. The molecule has 1 heterocycles. The molecule has 13 heavy (non-hydrogen) atoms. The largest absolute Gasteiger partial charge is 1.00 e. The number of carbonyl (C=O) groups is 2. The van der Waals surface area contributed by atoms with Crippen molar-refractivity contribution in [3.8, 4) is 0 Å². The molecule has 0 bridgehead atoms. The summed E-state index contributed by atoms with van der Waals surface area (Å²) in [6.45, 7) is -0.0962. The predicted octanol–water partition coefficient (Wildman–Crippen LogP) is -3.11. The van der Waals surface area contributed by atoms with Crippen LogP contribution in [0.4, 0.5) is 0 Å². The van der Waals surface area contributed by atoms with E-state index in [0.717, 1.165) is 0 Å². The second-order valence-corrected chi connectivity index (χ2v) is 2.39. The van der Waals surface area contributed by atoms with Crippen molar-refractivity contribution in [2.75, 3.05) is 6.61 Å². The Kier molecular flexibility index (Phi) is 8.26. The van der Waals surface area contributed by atoms with Crippen molar-refractivity contribution in [3.05, 3.63) is 0 Å². The molecular formula is C6H6Ag2O5. The van der Waals surface area contributed by atoms with Crippen LogP contribution in [0.5, 0.6) is 0 Å². The van der Waals surface area contributed by atoms with Gasteiger partial charge < -0.3 is 24.5 Å². The Morgan fingerprint density at radius 2 is 1.69 bits per heavy atom. The van der Waals surface area contributed by atoms with Crippen molar-refractivity contribution in [1.82, 2.24) is 0 Å². The van der Waals surface area contributed by atoms with E-state index in [-0.39, 0.29) is 57.8 Å². The normalized spacial score (nSPS) is 25.5. The molecule has 0 spiro atoms. The van der Waals surface area contributed by atoms with Crippen LogP contribution in [0.1, 0.15) is 6.42 Å². The zero-order valence-electron chi connectivity index (χ0n) is 6.21. The van der Waals surface area contributed by atoms with E-state index in [9.17, 15) is 19.8 Å². The Morgan fingerprint density at radius 1 is 1.15 bits per heavy atom. The minimum atomic E-state index is -1.37. The Bertz CT molecular complexity index is 175. The van der Waals surface area contributed by atoms with Gasteiger partial charge in [0.1, 0.15) is 0 Å². The number of aliphatic carboxylic acids is 2. The molecule has 0 aliphatic carbocycles. The first-order valence-electron chi connectivity index (χ1n) is 3.14. The Labute approximate surface area is 106 Å². The molecule has 1 aliphatic heterocycles. The van der Waals surface area contributed by atoms with E-state index in [1.54, 1.807) is 0 Å². The van der Waals surface area contributed by atoms with Gasteiger partial charge in [-0.05, 0) is 6.42 Å². The summed E-state index contributed by atoms with van der Waals surface area (Å²) < 4.78 is 4.61. The minimum absolute atomic E-state index is 0. The maximum Gasteiger partial charge on any atom is 1.00 e. The van der Waals surface area contributed by atoms with Crippen LogP contribution in [0.3, 0.4) is 0 Å². The van der Waals surface area contributed by atoms with Crippen LogP contribution >= 0.6 is 0 Å². The molecule has 1 rings (SSSR count). The van der Waals surface area contributed by atoms with Gasteiger partial charge in [-0.25, -0.2) is 0 Å². The Balaban J connectivity index is 0. The molecule has 0 aromatic rings. The summed E-state index contributed by atoms with van der Waals surface area (Å²) in [5, 5.41) is 20.3. The number of carboxylic acid groups (broad SMARTS) is 2. The van der Waals surface area contributed by atoms with Crippen molar-refractivity contribution < 1.29 is 69.3 Å². The topological polar surface area (TPSA) is 89.5 Å². The van der Waals surface area contributed by atoms with Crippen molar-refractivity contribution in [1.29, 1.82) is 0 Å². The van der Waals surface area contributed by atoms with Gasteiger partial charge in [-0.1, -0.05) is 0 Å². The molecule has 1 aliphatic rings. The predicted molar refractivity (Wildman–Crippen MR) is 27.9 cm³/mol. The van der Waals surface area contributed by atoms with E-state index in [2.05, 4.69) is 4.74 Å². The summed E-state index contributed by atoms with van der Waals surface area (Å²) in [5.74, 6) is -3.44. The summed E-state index contributed by atoms with van der Waals surface area (Å²) in [5.41, 5.74) is 0. The molecule has 7 heteroatoms. The van der Waals surface area contributed by atoms with Crippen LogP contribution in [0.25, 0.3) is 0 Å². The van der Waals surface area contributed by atoms with E-state index in [4.69, 9.17) is 0 Å². The first-order chi connectivity index (χ1) is 5.11. The zero-order valence-corrected chi connectivity index (χ0v) is 9.18. The molecule has 0 aromatic carbocycles. The van der Waals surface area contributed by atoms with Gasteiger partial charge in [0.25, 0.3) is 0 Å². The van der Waals surface area contributed by atoms with Crippen molar-refractivity contribution in [3.63, 3.8) is 0 Å². The Morgan fingerprint density at radius 3 is 1.92 bits per heavy atom. The number of ether oxygens (including phenoxy) is 1. The third-order valence-corrected chi connectivity index (χ3v) is 1.59. The van der Waals surface area contributed by atoms with E-state index in [1.807, 2.05) is 0 Å². The molecule has 0 radical (unpaired) electrons. The minimum Gasteiger partial charge on any atom is -0.550 e. The van der Waals surface area contributed by atoms with Gasteiger partial charge in [-0.15, -0.1) is 0 Å². The van der Waals surface area contributed by atoms with Crippen LogP contribution < -0.4 is 10.2 Å². The first kappa shape index (κ1) is 15.8. The van der Waals surface area contributed by atoms with Gasteiger partial charge in [0.15, 0.2) is 0 Å². The first-order valence-corrected chi connectivity index (χ1v) is 3.14. The van der Waals surface area contributed by atoms with Crippen molar-refractivity contribution in [2.24, 2.45) is 5.92 Å². The standard InChI is InChI=1S/C6H8O5.2Ag/c7-5(8)3-1-4(6(9)10)11-2-3;;/h3-4H,1-2H2,(H,7,8)(H,9,10);;/q;2*+1/p-2. The number of rotatable bonds is 2. The molecule has 5 nitrogen and oxygen atoms in total. The van der Waals surface area contributed by atoms with Crippen molar-refractivity contribution in [2.45, 2.75) is 12.5 Å². The van der Waals surface area contributed by atoms with E-state index < -0.39 is 24.0 Å². The fourth-order valence-electron chi connectivity index (χ4n) is 0.955. The number of carbonyl (C=O) groups excluding carboxylic acids is 2. The number of carboxylic acids is 2. The second kappa shape index (κ2) is 6.78. The van der Waals surface area contributed by atoms with Gasteiger partial charge >= 0.3 is 44.8 Å². The quantitative estimate of drug-likeness (QED) is 0.478. The molecule has 0 amide bonds. The number of hydrogen-bond acceptors (Lipinski definition) is 5. The summed E-state index contributed by atoms with van der Waals surface area (Å²) in [7, 11) is 0. The maximum atomic E-state index is 10.2. The molecule has 2 unspecified atom stereocenters. The third kappa shape index (κ3) is 4.42. The van der Waals surface area contributed by atoms with Gasteiger partial charge in [0.05, 0.1) is 18.7 Å². The summed E-state index contributed by atoms with van der Waals surface area (Å²) in [6.07, 6.45) is -1.14. The zero-order chi connectivity index (χ0) is 8.43.